The van der Waals surface area contributed by atoms with Crippen molar-refractivity contribution in [2.24, 2.45) is 0 Å². The van der Waals surface area contributed by atoms with E-state index in [1.807, 2.05) is 0 Å². The van der Waals surface area contributed by atoms with Gasteiger partial charge in [0.25, 0.3) is 5.91 Å². The second kappa shape index (κ2) is 9.51. The lowest BCUT2D eigenvalue weighted by Gasteiger charge is -2.19. The number of hydrogen-bond acceptors (Lipinski definition) is 6. The maximum absolute atomic E-state index is 12.1. The van der Waals surface area contributed by atoms with E-state index in [-0.39, 0.29) is 12.5 Å². The van der Waals surface area contributed by atoms with E-state index in [4.69, 9.17) is 19.7 Å². The summed E-state index contributed by atoms with van der Waals surface area (Å²) in [6, 6.07) is -1.34. The molecule has 2 unspecified atom stereocenters. The van der Waals surface area contributed by atoms with Crippen LogP contribution in [0.15, 0.2) is 0 Å². The third-order valence-corrected chi connectivity index (χ3v) is 4.58. The zero-order chi connectivity index (χ0) is 19.1. The summed E-state index contributed by atoms with van der Waals surface area (Å²) in [5.74, 6) is -3.85. The fourth-order valence-corrected chi connectivity index (χ4v) is 3.04. The first-order valence-electron chi connectivity index (χ1n) is 8.99. The predicted molar refractivity (Wildman–Crippen MR) is 87.3 cm³/mol. The summed E-state index contributed by atoms with van der Waals surface area (Å²) in [5.41, 5.74) is 0. The molecule has 0 aromatic carbocycles. The second-order valence-electron chi connectivity index (χ2n) is 6.71. The molecule has 1 aliphatic heterocycles. The van der Waals surface area contributed by atoms with Crippen LogP contribution in [0.25, 0.3) is 0 Å². The van der Waals surface area contributed by atoms with Gasteiger partial charge in [0.15, 0.2) is 12.2 Å². The number of carboxylic acid groups (broad SMARTS) is 2. The molecule has 0 bridgehead atoms. The number of hydrogen-bond donors (Lipinski definition) is 3. The minimum atomic E-state index is -1.34. The molecule has 9 heteroatoms. The van der Waals surface area contributed by atoms with Gasteiger partial charge < -0.3 is 25.0 Å². The molecule has 1 saturated heterocycles. The zero-order valence-corrected chi connectivity index (χ0v) is 14.5. The first-order chi connectivity index (χ1) is 12.4. The number of carbonyl (C=O) groups is 4. The van der Waals surface area contributed by atoms with Crippen molar-refractivity contribution in [3.63, 3.8) is 0 Å². The Kier molecular flexibility index (Phi) is 7.38. The molecule has 26 heavy (non-hydrogen) atoms. The molecule has 1 saturated carbocycles. The topological polar surface area (TPSA) is 143 Å². The minimum Gasteiger partial charge on any atom is -0.481 e. The van der Waals surface area contributed by atoms with Crippen LogP contribution in [-0.4, -0.2) is 58.4 Å². The molecule has 1 heterocycles. The van der Waals surface area contributed by atoms with Gasteiger partial charge in [0.1, 0.15) is 12.1 Å². The summed E-state index contributed by atoms with van der Waals surface area (Å²) >= 11 is 0. The molecule has 1 amide bonds. The number of carbonyl (C=O) groups excluding carboxylic acids is 2. The van der Waals surface area contributed by atoms with E-state index in [2.05, 4.69) is 5.32 Å². The third kappa shape index (κ3) is 6.29. The van der Waals surface area contributed by atoms with E-state index in [0.29, 0.717) is 0 Å². The van der Waals surface area contributed by atoms with Crippen molar-refractivity contribution in [1.82, 2.24) is 5.32 Å². The normalized spacial score (nSPS) is 24.6. The lowest BCUT2D eigenvalue weighted by molar-refractivity contribution is -0.151. The molecule has 0 spiro atoms. The second-order valence-corrected chi connectivity index (χ2v) is 6.71. The first-order valence-corrected chi connectivity index (χ1v) is 8.99. The number of aliphatic carboxylic acids is 2. The molecule has 0 aromatic heterocycles. The van der Waals surface area contributed by atoms with Crippen LogP contribution < -0.4 is 5.32 Å². The fourth-order valence-electron chi connectivity index (χ4n) is 3.04. The number of epoxide rings is 1. The van der Waals surface area contributed by atoms with E-state index in [9.17, 15) is 19.2 Å². The quantitative estimate of drug-likeness (QED) is 0.421. The van der Waals surface area contributed by atoms with Crippen molar-refractivity contribution in [2.75, 3.05) is 0 Å². The minimum absolute atomic E-state index is 0.168. The Morgan fingerprint density at radius 3 is 2.19 bits per heavy atom. The highest BCUT2D eigenvalue weighted by atomic mass is 16.6. The Labute approximate surface area is 151 Å². The number of esters is 1. The van der Waals surface area contributed by atoms with Gasteiger partial charge >= 0.3 is 17.9 Å². The summed E-state index contributed by atoms with van der Waals surface area (Å²) in [6.07, 6.45) is 4.11. The Morgan fingerprint density at radius 2 is 1.62 bits per heavy atom. The molecular formula is C17H25NO8. The van der Waals surface area contributed by atoms with Crippen LogP contribution in [0, 0.1) is 0 Å². The number of ether oxygens (including phenoxy) is 2. The highest BCUT2D eigenvalue weighted by Crippen LogP contribution is 2.27. The van der Waals surface area contributed by atoms with E-state index in [1.54, 1.807) is 0 Å². The van der Waals surface area contributed by atoms with E-state index in [0.717, 1.165) is 38.5 Å². The first kappa shape index (κ1) is 20.2. The van der Waals surface area contributed by atoms with Crippen molar-refractivity contribution in [1.29, 1.82) is 0 Å². The highest BCUT2D eigenvalue weighted by molar-refractivity contribution is 5.94. The standard InChI is InChI=1S/C17H25NO8/c19-12(20)9-8-11(16(22)23)18-15(21)13-14(26-13)17(24)25-10-6-4-2-1-3-5-7-10/h10-11,13-14H,1-9H2,(H,18,21)(H,19,20)(H,22,23)/t11-,13?,14?/m0/s1. The average Bonchev–Trinajstić information content (AvgIpc) is 3.34. The lowest BCUT2D eigenvalue weighted by atomic mass is 9.98. The van der Waals surface area contributed by atoms with Crippen LogP contribution in [0.4, 0.5) is 0 Å². The summed E-state index contributed by atoms with van der Waals surface area (Å²) in [7, 11) is 0. The molecule has 146 valence electrons. The smallest absolute Gasteiger partial charge is 0.338 e. The van der Waals surface area contributed by atoms with E-state index < -0.39 is 48.5 Å². The molecule has 2 aliphatic rings. The fraction of sp³-hybridized carbons (Fsp3) is 0.765. The van der Waals surface area contributed by atoms with Gasteiger partial charge in [-0.25, -0.2) is 9.59 Å². The van der Waals surface area contributed by atoms with E-state index >= 15 is 0 Å². The average molecular weight is 371 g/mol. The van der Waals surface area contributed by atoms with Gasteiger partial charge in [0.05, 0.1) is 0 Å². The molecule has 0 radical (unpaired) electrons. The molecular weight excluding hydrogens is 346 g/mol. The summed E-state index contributed by atoms with van der Waals surface area (Å²) in [6.45, 7) is 0. The van der Waals surface area contributed by atoms with Crippen molar-refractivity contribution < 1.29 is 38.9 Å². The van der Waals surface area contributed by atoms with Crippen molar-refractivity contribution in [3.05, 3.63) is 0 Å². The maximum atomic E-state index is 12.1. The molecule has 1 aliphatic carbocycles. The monoisotopic (exact) mass is 371 g/mol. The van der Waals surface area contributed by atoms with Gasteiger partial charge in [0, 0.05) is 6.42 Å². The van der Waals surface area contributed by atoms with Gasteiger partial charge in [-0.1, -0.05) is 19.3 Å². The van der Waals surface area contributed by atoms with Crippen LogP contribution >= 0.6 is 0 Å². The molecule has 2 fully saturated rings. The summed E-state index contributed by atoms with van der Waals surface area (Å²) in [4.78, 5) is 45.8. The molecule has 3 atom stereocenters. The van der Waals surface area contributed by atoms with Crippen LogP contribution in [0.3, 0.4) is 0 Å². The third-order valence-electron chi connectivity index (χ3n) is 4.58. The van der Waals surface area contributed by atoms with Crippen molar-refractivity contribution in [3.8, 4) is 0 Å². The largest absolute Gasteiger partial charge is 0.481 e. The lowest BCUT2D eigenvalue weighted by Crippen LogP contribution is -2.44. The van der Waals surface area contributed by atoms with Gasteiger partial charge in [-0.2, -0.15) is 0 Å². The SMILES string of the molecule is O=C(O)CC[C@H](NC(=O)C1OC1C(=O)OC1CCCCCCC1)C(=O)O. The van der Waals surface area contributed by atoms with Gasteiger partial charge in [-0.15, -0.1) is 0 Å². The molecule has 3 N–H and O–H groups in total. The molecule has 2 rings (SSSR count). The molecule has 9 nitrogen and oxygen atoms in total. The predicted octanol–water partition coefficient (Wildman–Crippen LogP) is 0.844. The summed E-state index contributed by atoms with van der Waals surface area (Å²) in [5, 5.41) is 19.9. The van der Waals surface area contributed by atoms with Crippen LogP contribution in [0.5, 0.6) is 0 Å². The Bertz CT molecular complexity index is 541. The zero-order valence-electron chi connectivity index (χ0n) is 14.5. The van der Waals surface area contributed by atoms with Crippen LogP contribution in [-0.2, 0) is 28.7 Å². The number of rotatable bonds is 8. The highest BCUT2D eigenvalue weighted by Gasteiger charge is 2.52. The van der Waals surface area contributed by atoms with Crippen molar-refractivity contribution >= 4 is 23.8 Å². The maximum Gasteiger partial charge on any atom is 0.338 e. The van der Waals surface area contributed by atoms with Gasteiger partial charge in [-0.3, -0.25) is 9.59 Å². The van der Waals surface area contributed by atoms with Crippen LogP contribution in [0.2, 0.25) is 0 Å². The van der Waals surface area contributed by atoms with Crippen LogP contribution in [0.1, 0.15) is 57.8 Å². The van der Waals surface area contributed by atoms with Gasteiger partial charge in [-0.05, 0) is 32.1 Å². The number of amides is 1. The Hall–Kier alpha value is -2.16. The molecule has 0 aromatic rings. The Morgan fingerprint density at radius 1 is 1.00 bits per heavy atom. The number of carboxylic acids is 2. The van der Waals surface area contributed by atoms with Crippen molar-refractivity contribution in [2.45, 2.75) is 82.1 Å². The summed E-state index contributed by atoms with van der Waals surface area (Å²) < 4.78 is 10.5. The van der Waals surface area contributed by atoms with E-state index in [1.165, 1.54) is 6.42 Å². The Balaban J connectivity index is 1.78. The number of nitrogens with one attached hydrogen (secondary N) is 1. The van der Waals surface area contributed by atoms with Gasteiger partial charge in [0.2, 0.25) is 0 Å².